The Morgan fingerprint density at radius 3 is 0.789 bits per heavy atom. The van der Waals surface area contributed by atoms with Gasteiger partial charge in [-0.25, -0.2) is 0 Å². The Balaban J connectivity index is 0.000000982. The molecule has 0 amide bonds. The molecule has 1 fully saturated rings. The van der Waals surface area contributed by atoms with Gasteiger partial charge >= 0.3 is 39.8 Å². The van der Waals surface area contributed by atoms with Crippen molar-refractivity contribution in [2.45, 2.75) is 25.7 Å². The van der Waals surface area contributed by atoms with E-state index in [1.807, 2.05) is 0 Å². The molecule has 0 nitrogen and oxygen atoms in total. The number of hydrogen-bond donors (Lipinski definition) is 0. The van der Waals surface area contributed by atoms with E-state index in [1.54, 1.807) is 0 Å². The maximum absolute atomic E-state index is 3.19. The van der Waals surface area contributed by atoms with Gasteiger partial charge in [-0.1, -0.05) is 0 Å². The van der Waals surface area contributed by atoms with Gasteiger partial charge in [0.05, 0.1) is 0 Å². The Hall–Kier alpha value is 2.90. The van der Waals surface area contributed by atoms with Gasteiger partial charge in [0.25, 0.3) is 0 Å². The molecule has 0 aromatic heterocycles. The Bertz CT molecular complexity index is 103. The van der Waals surface area contributed by atoms with E-state index in [2.05, 4.69) is 75.1 Å². The van der Waals surface area contributed by atoms with Crippen LogP contribution in [0, 0.1) is 0 Å². The molecule has 0 aliphatic carbocycles. The van der Waals surface area contributed by atoms with Crippen molar-refractivity contribution in [1.29, 1.82) is 0 Å². The average Bonchev–Trinajstić information content (AvgIpc) is 2.40. The Morgan fingerprint density at radius 1 is 0.474 bits per heavy atom. The second-order valence-electron chi connectivity index (χ2n) is 3.94. The van der Waals surface area contributed by atoms with E-state index >= 15 is 0 Å². The van der Waals surface area contributed by atoms with Crippen LogP contribution in [0.3, 0.4) is 0 Å². The number of hydrogen-bond acceptors (Lipinski definition) is 4. The van der Waals surface area contributed by atoms with Gasteiger partial charge < -0.3 is 0 Å². The zero-order chi connectivity index (χ0) is 14.0. The molecule has 1 saturated heterocycles. The monoisotopic (exact) mass is 528 g/mol. The van der Waals surface area contributed by atoms with E-state index in [0.29, 0.717) is 0 Å². The molecule has 7 heteroatoms. The van der Waals surface area contributed by atoms with Gasteiger partial charge in [-0.15, -0.1) is 0 Å². The third-order valence-corrected chi connectivity index (χ3v) is 6.93. The summed E-state index contributed by atoms with van der Waals surface area (Å²) in [5.41, 5.74) is 0. The predicted octanol–water partition coefficient (Wildman–Crippen LogP) is 5.80. The van der Waals surface area contributed by atoms with E-state index in [9.17, 15) is 0 Å². The molecule has 19 heavy (non-hydrogen) atoms. The zero-order valence-corrected chi connectivity index (χ0v) is 19.9. The van der Waals surface area contributed by atoms with Gasteiger partial charge in [-0.3, -0.25) is 0 Å². The van der Waals surface area contributed by atoms with Crippen LogP contribution in [-0.2, 0) is 0 Å². The minimum absolute atomic E-state index is 0.125. The molecule has 2 radical (unpaired) electrons. The number of thioether (sulfide) groups is 4. The van der Waals surface area contributed by atoms with Crippen LogP contribution in [0.1, 0.15) is 25.7 Å². The fraction of sp³-hybridized carbons (Fsp3) is 1.00. The second kappa shape index (κ2) is 20.9. The van der Waals surface area contributed by atoms with E-state index in [1.165, 1.54) is 71.7 Å². The van der Waals surface area contributed by atoms with Gasteiger partial charge in [-0.05, 0) is 71.7 Å². The third-order valence-electron chi connectivity index (χ3n) is 2.31. The fourth-order valence-electron chi connectivity index (χ4n) is 1.46. The average molecular weight is 529 g/mol. The van der Waals surface area contributed by atoms with E-state index in [0.717, 1.165) is 0 Å². The summed E-state index contributed by atoms with van der Waals surface area (Å²) in [4.78, 5) is 0. The molecule has 1 rings (SSSR count). The van der Waals surface area contributed by atoms with E-state index in [-0.39, 0.29) is 11.7 Å². The molecule has 0 unspecified atom stereocenters. The van der Waals surface area contributed by atoms with Crippen molar-refractivity contribution in [2.75, 3.05) is 46.0 Å². The van der Waals surface area contributed by atoms with E-state index in [4.69, 9.17) is 0 Å². The standard InChI is InChI=1S/C12H24S4.Br2Ge/c1-5-13-7-2-9-15-11-4-12-16-10-3-8-14-6-1;1-3-2/h1-12H2;. The van der Waals surface area contributed by atoms with Crippen molar-refractivity contribution in [3.05, 3.63) is 0 Å². The molecule has 0 spiro atoms. The maximum atomic E-state index is 3.19. The van der Waals surface area contributed by atoms with Gasteiger partial charge in [-0.2, -0.15) is 47.0 Å². The summed E-state index contributed by atoms with van der Waals surface area (Å²) in [6.45, 7) is 0. The molecule has 0 N–H and O–H groups in total. The molecule has 0 aromatic carbocycles. The molecule has 1 aliphatic rings. The van der Waals surface area contributed by atoms with Crippen molar-refractivity contribution in [3.63, 3.8) is 0 Å². The van der Waals surface area contributed by atoms with Crippen molar-refractivity contribution in [2.24, 2.45) is 0 Å². The first kappa shape index (κ1) is 21.9. The molecule has 1 aliphatic heterocycles. The summed E-state index contributed by atoms with van der Waals surface area (Å²) >= 11 is 15.1. The summed E-state index contributed by atoms with van der Waals surface area (Å²) in [7, 11) is 0. The molecule has 0 bridgehead atoms. The molecular weight excluding hydrogens is 505 g/mol. The van der Waals surface area contributed by atoms with Crippen LogP contribution in [0.5, 0.6) is 0 Å². The van der Waals surface area contributed by atoms with Gasteiger partial charge in [0.1, 0.15) is 0 Å². The second-order valence-corrected chi connectivity index (χ2v) is 18.8. The normalized spacial score (nSPS) is 21.2. The summed E-state index contributed by atoms with van der Waals surface area (Å²) in [6.07, 6.45) is 5.65. The third kappa shape index (κ3) is 20.9. The molecular formula is C12H24Br2GeS4. The van der Waals surface area contributed by atoms with Crippen molar-refractivity contribution < 1.29 is 0 Å². The molecule has 1 heterocycles. The summed E-state index contributed by atoms with van der Waals surface area (Å²) in [5.74, 6) is 11.1. The fourth-order valence-corrected chi connectivity index (χ4v) is 5.80. The SMILES string of the molecule is C1CSCCCSCCCSCCCSC1.[Br][Ge][Br]. The van der Waals surface area contributed by atoms with Gasteiger partial charge in [0.15, 0.2) is 0 Å². The van der Waals surface area contributed by atoms with E-state index < -0.39 is 0 Å². The molecule has 0 saturated carbocycles. The van der Waals surface area contributed by atoms with Crippen LogP contribution < -0.4 is 0 Å². The summed E-state index contributed by atoms with van der Waals surface area (Å²) in [6, 6.07) is 0. The van der Waals surface area contributed by atoms with Gasteiger partial charge in [0.2, 0.25) is 0 Å². The quantitative estimate of drug-likeness (QED) is 0.364. The minimum atomic E-state index is 0.125. The zero-order valence-electron chi connectivity index (χ0n) is 11.4. The Kier molecular flexibility index (Phi) is 24.1. The Morgan fingerprint density at radius 2 is 0.632 bits per heavy atom. The Labute approximate surface area is 157 Å². The van der Waals surface area contributed by atoms with Crippen LogP contribution in [0.15, 0.2) is 0 Å². The number of rotatable bonds is 0. The molecule has 114 valence electrons. The van der Waals surface area contributed by atoms with Crippen LogP contribution in [-0.4, -0.2) is 57.8 Å². The summed E-state index contributed by atoms with van der Waals surface area (Å²) < 4.78 is 0. The first-order valence-corrected chi connectivity index (χ1v) is 21.1. The number of halogens is 2. The van der Waals surface area contributed by atoms with Crippen LogP contribution >= 0.6 is 75.1 Å². The molecule has 0 aromatic rings. The molecule has 0 atom stereocenters. The first-order chi connectivity index (χ1) is 9.41. The van der Waals surface area contributed by atoms with Crippen molar-refractivity contribution in [1.82, 2.24) is 0 Å². The van der Waals surface area contributed by atoms with Crippen LogP contribution in [0.4, 0.5) is 0 Å². The predicted molar refractivity (Wildman–Crippen MR) is 111 cm³/mol. The first-order valence-electron chi connectivity index (χ1n) is 6.69. The van der Waals surface area contributed by atoms with Crippen LogP contribution in [0.25, 0.3) is 0 Å². The van der Waals surface area contributed by atoms with Crippen LogP contribution in [0.2, 0.25) is 0 Å². The van der Waals surface area contributed by atoms with Crippen molar-refractivity contribution in [3.8, 4) is 0 Å². The van der Waals surface area contributed by atoms with Crippen molar-refractivity contribution >= 4 is 86.8 Å². The topological polar surface area (TPSA) is 0 Å². The summed E-state index contributed by atoms with van der Waals surface area (Å²) in [5, 5.41) is 0. The van der Waals surface area contributed by atoms with Gasteiger partial charge in [0, 0.05) is 0 Å².